The Balaban J connectivity index is 2.50. The second kappa shape index (κ2) is 7.67. The average Bonchev–Trinajstić information content (AvgIpc) is 2.44. The zero-order valence-corrected chi connectivity index (χ0v) is 13.1. The summed E-state index contributed by atoms with van der Waals surface area (Å²) in [7, 11) is 1.72. The number of aromatic carboxylic acids is 1. The van der Waals surface area contributed by atoms with Crippen molar-refractivity contribution in [3.8, 4) is 0 Å². The highest BCUT2D eigenvalue weighted by atomic mass is 16.4. The van der Waals surface area contributed by atoms with Gasteiger partial charge < -0.3 is 15.3 Å². The molecule has 1 unspecified atom stereocenters. The van der Waals surface area contributed by atoms with Gasteiger partial charge in [0.25, 0.3) is 0 Å². The van der Waals surface area contributed by atoms with E-state index < -0.39 is 5.97 Å². The first-order valence-electron chi connectivity index (χ1n) is 7.12. The number of benzene rings is 1. The first kappa shape index (κ1) is 17.0. The van der Waals surface area contributed by atoms with Crippen LogP contribution in [-0.4, -0.2) is 35.6 Å². The van der Waals surface area contributed by atoms with E-state index in [1.54, 1.807) is 36.2 Å². The Bertz CT molecular complexity index is 483. The molecule has 0 radical (unpaired) electrons. The molecule has 1 aromatic rings. The van der Waals surface area contributed by atoms with Crippen molar-refractivity contribution < 1.29 is 14.7 Å². The topological polar surface area (TPSA) is 69.6 Å². The van der Waals surface area contributed by atoms with Crippen LogP contribution in [0.4, 0.5) is 4.79 Å². The standard InChI is InChI=1S/C16H24N2O3/c1-11(2)12(3)9-17-16(21)18(4)10-13-5-7-14(8-6-13)15(19)20/h5-8,11-12H,9-10H2,1-4H3,(H,17,21)(H,19,20). The number of carboxylic acids is 1. The molecule has 21 heavy (non-hydrogen) atoms. The number of nitrogens with zero attached hydrogens (tertiary/aromatic N) is 1. The van der Waals surface area contributed by atoms with Crippen LogP contribution in [0.2, 0.25) is 0 Å². The highest BCUT2D eigenvalue weighted by Gasteiger charge is 2.12. The minimum atomic E-state index is -0.949. The van der Waals surface area contributed by atoms with Gasteiger partial charge in [0.15, 0.2) is 0 Å². The SMILES string of the molecule is CC(C)C(C)CNC(=O)N(C)Cc1ccc(C(=O)O)cc1. The lowest BCUT2D eigenvalue weighted by Gasteiger charge is -2.21. The van der Waals surface area contributed by atoms with Crippen molar-refractivity contribution in [1.82, 2.24) is 10.2 Å². The fourth-order valence-corrected chi connectivity index (χ4v) is 1.72. The molecule has 0 aliphatic heterocycles. The van der Waals surface area contributed by atoms with Crippen molar-refractivity contribution in [3.05, 3.63) is 35.4 Å². The fourth-order valence-electron chi connectivity index (χ4n) is 1.72. The van der Waals surface area contributed by atoms with Crippen molar-refractivity contribution in [3.63, 3.8) is 0 Å². The molecule has 5 nitrogen and oxygen atoms in total. The van der Waals surface area contributed by atoms with Crippen LogP contribution >= 0.6 is 0 Å². The van der Waals surface area contributed by atoms with Gasteiger partial charge in [-0.1, -0.05) is 32.9 Å². The Hall–Kier alpha value is -2.04. The van der Waals surface area contributed by atoms with E-state index in [0.717, 1.165) is 5.56 Å². The molecule has 1 aromatic carbocycles. The van der Waals surface area contributed by atoms with E-state index >= 15 is 0 Å². The van der Waals surface area contributed by atoms with Crippen LogP contribution in [-0.2, 0) is 6.54 Å². The molecule has 5 heteroatoms. The fraction of sp³-hybridized carbons (Fsp3) is 0.500. The van der Waals surface area contributed by atoms with Gasteiger partial charge in [0.2, 0.25) is 0 Å². The van der Waals surface area contributed by atoms with Crippen molar-refractivity contribution in [2.75, 3.05) is 13.6 Å². The molecule has 0 spiro atoms. The smallest absolute Gasteiger partial charge is 0.335 e. The summed E-state index contributed by atoms with van der Waals surface area (Å²) < 4.78 is 0. The molecule has 0 fully saturated rings. The Kier molecular flexibility index (Phi) is 6.21. The van der Waals surface area contributed by atoms with Crippen molar-refractivity contribution in [1.29, 1.82) is 0 Å². The van der Waals surface area contributed by atoms with Crippen LogP contribution in [0.1, 0.15) is 36.7 Å². The molecule has 116 valence electrons. The zero-order chi connectivity index (χ0) is 16.0. The summed E-state index contributed by atoms with van der Waals surface area (Å²) >= 11 is 0. The summed E-state index contributed by atoms with van der Waals surface area (Å²) in [6, 6.07) is 6.42. The van der Waals surface area contributed by atoms with Gasteiger partial charge in [0.1, 0.15) is 0 Å². The van der Waals surface area contributed by atoms with Crippen molar-refractivity contribution >= 4 is 12.0 Å². The number of amides is 2. The Morgan fingerprint density at radius 1 is 1.19 bits per heavy atom. The molecule has 0 saturated carbocycles. The predicted molar refractivity (Wildman–Crippen MR) is 82.3 cm³/mol. The summed E-state index contributed by atoms with van der Waals surface area (Å²) in [6.07, 6.45) is 0. The normalized spacial score (nSPS) is 12.0. The van der Waals surface area contributed by atoms with E-state index in [1.165, 1.54) is 0 Å². The molecular weight excluding hydrogens is 268 g/mol. The van der Waals surface area contributed by atoms with Crippen molar-refractivity contribution in [2.45, 2.75) is 27.3 Å². The van der Waals surface area contributed by atoms with E-state index in [-0.39, 0.29) is 11.6 Å². The second-order valence-corrected chi connectivity index (χ2v) is 5.77. The van der Waals surface area contributed by atoms with Crippen LogP contribution in [0.15, 0.2) is 24.3 Å². The van der Waals surface area contributed by atoms with E-state index in [0.29, 0.717) is 24.9 Å². The maximum atomic E-state index is 12.0. The molecule has 2 amide bonds. The molecule has 0 aromatic heterocycles. The maximum absolute atomic E-state index is 12.0. The molecule has 1 atom stereocenters. The van der Waals surface area contributed by atoms with Crippen LogP contribution < -0.4 is 5.32 Å². The van der Waals surface area contributed by atoms with Crippen LogP contribution in [0.5, 0.6) is 0 Å². The molecule has 0 aliphatic rings. The van der Waals surface area contributed by atoms with E-state index in [1.807, 2.05) is 0 Å². The summed E-state index contributed by atoms with van der Waals surface area (Å²) in [6.45, 7) is 7.46. The lowest BCUT2D eigenvalue weighted by molar-refractivity contribution is 0.0697. The average molecular weight is 292 g/mol. The van der Waals surface area contributed by atoms with Gasteiger partial charge in [-0.2, -0.15) is 0 Å². The van der Waals surface area contributed by atoms with E-state index in [2.05, 4.69) is 26.1 Å². The molecule has 1 rings (SSSR count). The number of hydrogen-bond donors (Lipinski definition) is 2. The van der Waals surface area contributed by atoms with Crippen LogP contribution in [0.25, 0.3) is 0 Å². The minimum absolute atomic E-state index is 0.121. The Labute approximate surface area is 126 Å². The van der Waals surface area contributed by atoms with Gasteiger partial charge in [-0.25, -0.2) is 9.59 Å². The van der Waals surface area contributed by atoms with Gasteiger partial charge in [0, 0.05) is 20.1 Å². The Morgan fingerprint density at radius 3 is 2.24 bits per heavy atom. The molecule has 0 bridgehead atoms. The van der Waals surface area contributed by atoms with Gasteiger partial charge in [0.05, 0.1) is 5.56 Å². The Morgan fingerprint density at radius 2 is 1.76 bits per heavy atom. The number of carboxylic acid groups (broad SMARTS) is 1. The zero-order valence-electron chi connectivity index (χ0n) is 13.1. The van der Waals surface area contributed by atoms with E-state index in [9.17, 15) is 9.59 Å². The predicted octanol–water partition coefficient (Wildman–Crippen LogP) is 2.82. The number of nitrogens with one attached hydrogen (secondary N) is 1. The van der Waals surface area contributed by atoms with Gasteiger partial charge >= 0.3 is 12.0 Å². The first-order chi connectivity index (χ1) is 9.81. The first-order valence-corrected chi connectivity index (χ1v) is 7.12. The molecule has 0 aliphatic carbocycles. The third-order valence-electron chi connectivity index (χ3n) is 3.68. The lowest BCUT2D eigenvalue weighted by Crippen LogP contribution is -2.39. The number of carbonyl (C=O) groups excluding carboxylic acids is 1. The monoisotopic (exact) mass is 292 g/mol. The molecular formula is C16H24N2O3. The third-order valence-corrected chi connectivity index (χ3v) is 3.68. The number of urea groups is 1. The van der Waals surface area contributed by atoms with Gasteiger partial charge in [-0.15, -0.1) is 0 Å². The summed E-state index contributed by atoms with van der Waals surface area (Å²) in [5.74, 6) is 0.00619. The molecule has 0 saturated heterocycles. The summed E-state index contributed by atoms with van der Waals surface area (Å²) in [5, 5.41) is 11.7. The number of hydrogen-bond acceptors (Lipinski definition) is 2. The highest BCUT2D eigenvalue weighted by molar-refractivity contribution is 5.87. The van der Waals surface area contributed by atoms with E-state index in [4.69, 9.17) is 5.11 Å². The van der Waals surface area contributed by atoms with Crippen molar-refractivity contribution in [2.24, 2.45) is 11.8 Å². The van der Waals surface area contributed by atoms with Gasteiger partial charge in [-0.3, -0.25) is 0 Å². The largest absolute Gasteiger partial charge is 0.478 e. The highest BCUT2D eigenvalue weighted by Crippen LogP contribution is 2.09. The minimum Gasteiger partial charge on any atom is -0.478 e. The summed E-state index contributed by atoms with van der Waals surface area (Å²) in [4.78, 5) is 24.3. The third kappa shape index (κ3) is 5.45. The van der Waals surface area contributed by atoms with Gasteiger partial charge in [-0.05, 0) is 29.5 Å². The van der Waals surface area contributed by atoms with Crippen LogP contribution in [0, 0.1) is 11.8 Å². The second-order valence-electron chi connectivity index (χ2n) is 5.77. The summed E-state index contributed by atoms with van der Waals surface area (Å²) in [5.41, 5.74) is 1.14. The molecule has 2 N–H and O–H groups in total. The quantitative estimate of drug-likeness (QED) is 0.847. The number of carbonyl (C=O) groups is 2. The van der Waals surface area contributed by atoms with Crippen LogP contribution in [0.3, 0.4) is 0 Å². The lowest BCUT2D eigenvalue weighted by atomic mass is 9.98. The molecule has 0 heterocycles. The maximum Gasteiger partial charge on any atom is 0.335 e. The number of rotatable bonds is 6.